The number of carbonyl (C=O) groups is 2. The third-order valence-electron chi connectivity index (χ3n) is 3.58. The quantitative estimate of drug-likeness (QED) is 0.701. The summed E-state index contributed by atoms with van der Waals surface area (Å²) in [5, 5.41) is 2.61. The van der Waals surface area contributed by atoms with Crippen LogP contribution in [0.3, 0.4) is 0 Å². The van der Waals surface area contributed by atoms with Crippen molar-refractivity contribution in [2.24, 2.45) is 0 Å². The van der Waals surface area contributed by atoms with Crippen LogP contribution in [0, 0.1) is 0 Å². The molecule has 0 aliphatic heterocycles. The molecule has 1 amide bonds. The highest BCUT2D eigenvalue weighted by Gasteiger charge is 2.20. The fraction of sp³-hybridized carbons (Fsp3) is 0.294. The average molecular weight is 380 g/mol. The molecule has 26 heavy (non-hydrogen) atoms. The van der Waals surface area contributed by atoms with E-state index in [1.807, 2.05) is 0 Å². The number of sulfonamides is 1. The van der Waals surface area contributed by atoms with E-state index in [0.717, 1.165) is 10.6 Å². The topological polar surface area (TPSA) is 106 Å². The van der Waals surface area contributed by atoms with Gasteiger partial charge < -0.3 is 14.5 Å². The molecule has 0 spiro atoms. The Morgan fingerprint density at radius 3 is 2.54 bits per heavy atom. The summed E-state index contributed by atoms with van der Waals surface area (Å²) in [6.07, 6.45) is 2.44. The van der Waals surface area contributed by atoms with Gasteiger partial charge in [-0.15, -0.1) is 0 Å². The summed E-state index contributed by atoms with van der Waals surface area (Å²) in [6.45, 7) is 0.0175. The average Bonchev–Trinajstić information content (AvgIpc) is 3.10. The molecule has 1 aromatic heterocycles. The standard InChI is InChI=1S/C17H20N2O6S/c1-24-17(21)14-7-3-4-8-15(14)18-16(20)9-10-19(26(2,22)23)12-13-6-5-11-25-13/h3-8,11H,9-10,12H2,1-2H3,(H,18,20). The second-order valence-corrected chi connectivity index (χ2v) is 7.49. The SMILES string of the molecule is COC(=O)c1ccccc1NC(=O)CCN(Cc1ccco1)S(C)(=O)=O. The normalized spacial score (nSPS) is 11.3. The van der Waals surface area contributed by atoms with E-state index < -0.39 is 21.9 Å². The fourth-order valence-electron chi connectivity index (χ4n) is 2.26. The molecule has 0 atom stereocenters. The number of benzene rings is 1. The van der Waals surface area contributed by atoms with E-state index in [0.29, 0.717) is 11.4 Å². The summed E-state index contributed by atoms with van der Waals surface area (Å²) in [7, 11) is -2.27. The van der Waals surface area contributed by atoms with E-state index in [-0.39, 0.29) is 25.1 Å². The van der Waals surface area contributed by atoms with E-state index in [1.54, 1.807) is 30.3 Å². The van der Waals surface area contributed by atoms with Gasteiger partial charge in [-0.3, -0.25) is 4.79 Å². The van der Waals surface area contributed by atoms with Gasteiger partial charge in [-0.05, 0) is 24.3 Å². The minimum Gasteiger partial charge on any atom is -0.468 e. The Balaban J connectivity index is 2.02. The van der Waals surface area contributed by atoms with Crippen LogP contribution in [-0.4, -0.2) is 44.5 Å². The van der Waals surface area contributed by atoms with Crippen LogP contribution >= 0.6 is 0 Å². The number of para-hydroxylation sites is 1. The molecule has 2 rings (SSSR count). The van der Waals surface area contributed by atoms with Gasteiger partial charge in [-0.1, -0.05) is 12.1 Å². The molecule has 1 aromatic carbocycles. The Hall–Kier alpha value is -2.65. The van der Waals surface area contributed by atoms with Crippen LogP contribution in [-0.2, 0) is 26.1 Å². The summed E-state index contributed by atoms with van der Waals surface area (Å²) in [4.78, 5) is 23.9. The van der Waals surface area contributed by atoms with Crippen molar-refractivity contribution < 1.29 is 27.2 Å². The monoisotopic (exact) mass is 380 g/mol. The summed E-state index contributed by atoms with van der Waals surface area (Å²) in [6, 6.07) is 9.73. The molecule has 9 heteroatoms. The first-order chi connectivity index (χ1) is 12.3. The Bertz CT molecular complexity index is 861. The van der Waals surface area contributed by atoms with Gasteiger partial charge in [-0.25, -0.2) is 13.2 Å². The van der Waals surface area contributed by atoms with Gasteiger partial charge in [0.25, 0.3) is 0 Å². The molecule has 0 radical (unpaired) electrons. The number of rotatable bonds is 8. The zero-order valence-corrected chi connectivity index (χ0v) is 15.3. The summed E-state index contributed by atoms with van der Waals surface area (Å²) in [5.74, 6) is -0.516. The molecule has 1 heterocycles. The zero-order valence-electron chi connectivity index (χ0n) is 14.5. The number of hydrogen-bond donors (Lipinski definition) is 1. The lowest BCUT2D eigenvalue weighted by atomic mass is 10.1. The van der Waals surface area contributed by atoms with E-state index in [9.17, 15) is 18.0 Å². The van der Waals surface area contributed by atoms with Crippen molar-refractivity contribution in [2.75, 3.05) is 25.2 Å². The molecule has 0 saturated carbocycles. The molecule has 140 valence electrons. The maximum atomic E-state index is 12.2. The molecule has 0 aliphatic rings. The van der Waals surface area contributed by atoms with Crippen molar-refractivity contribution in [3.05, 3.63) is 54.0 Å². The molecule has 0 saturated heterocycles. The molecule has 2 aromatic rings. The molecular weight excluding hydrogens is 360 g/mol. The van der Waals surface area contributed by atoms with Crippen molar-refractivity contribution in [1.82, 2.24) is 4.31 Å². The van der Waals surface area contributed by atoms with Crippen LogP contribution in [0.2, 0.25) is 0 Å². The van der Waals surface area contributed by atoms with E-state index in [4.69, 9.17) is 4.42 Å². The summed E-state index contributed by atoms with van der Waals surface area (Å²) >= 11 is 0. The van der Waals surface area contributed by atoms with Crippen molar-refractivity contribution in [3.63, 3.8) is 0 Å². The van der Waals surface area contributed by atoms with Crippen molar-refractivity contribution in [2.45, 2.75) is 13.0 Å². The zero-order chi connectivity index (χ0) is 19.2. The van der Waals surface area contributed by atoms with Gasteiger partial charge in [0.15, 0.2) is 0 Å². The summed E-state index contributed by atoms with van der Waals surface area (Å²) < 4.78 is 34.8. The number of furan rings is 1. The molecule has 0 unspecified atom stereocenters. The maximum absolute atomic E-state index is 12.2. The first kappa shape index (κ1) is 19.7. The van der Waals surface area contributed by atoms with Gasteiger partial charge in [0.2, 0.25) is 15.9 Å². The van der Waals surface area contributed by atoms with Crippen LogP contribution < -0.4 is 5.32 Å². The Morgan fingerprint density at radius 2 is 1.92 bits per heavy atom. The lowest BCUT2D eigenvalue weighted by Gasteiger charge is -2.18. The number of ether oxygens (including phenoxy) is 1. The number of nitrogens with one attached hydrogen (secondary N) is 1. The minimum absolute atomic E-state index is 0.0221. The lowest BCUT2D eigenvalue weighted by Crippen LogP contribution is -2.32. The first-order valence-corrected chi connectivity index (χ1v) is 9.61. The van der Waals surface area contributed by atoms with Crippen LogP contribution in [0.4, 0.5) is 5.69 Å². The molecule has 0 fully saturated rings. The van der Waals surface area contributed by atoms with E-state index >= 15 is 0 Å². The van der Waals surface area contributed by atoms with Crippen LogP contribution in [0.25, 0.3) is 0 Å². The lowest BCUT2D eigenvalue weighted by molar-refractivity contribution is -0.116. The number of anilines is 1. The van der Waals surface area contributed by atoms with Gasteiger partial charge >= 0.3 is 5.97 Å². The maximum Gasteiger partial charge on any atom is 0.339 e. The van der Waals surface area contributed by atoms with E-state index in [2.05, 4.69) is 10.1 Å². The van der Waals surface area contributed by atoms with Gasteiger partial charge in [0, 0.05) is 13.0 Å². The molecule has 1 N–H and O–H groups in total. The van der Waals surface area contributed by atoms with Gasteiger partial charge in [0.05, 0.1) is 37.4 Å². The van der Waals surface area contributed by atoms with Gasteiger partial charge in [0.1, 0.15) is 5.76 Å². The highest BCUT2D eigenvalue weighted by atomic mass is 32.2. The number of carbonyl (C=O) groups excluding carboxylic acids is 2. The van der Waals surface area contributed by atoms with Crippen LogP contribution in [0.15, 0.2) is 47.1 Å². The Labute approximate surface area is 151 Å². The Morgan fingerprint density at radius 1 is 1.19 bits per heavy atom. The second-order valence-electron chi connectivity index (χ2n) is 5.51. The van der Waals surface area contributed by atoms with E-state index in [1.165, 1.54) is 19.4 Å². The highest BCUT2D eigenvalue weighted by Crippen LogP contribution is 2.17. The summed E-state index contributed by atoms with van der Waals surface area (Å²) in [5.41, 5.74) is 0.528. The van der Waals surface area contributed by atoms with Crippen molar-refractivity contribution >= 4 is 27.6 Å². The number of hydrogen-bond acceptors (Lipinski definition) is 6. The number of esters is 1. The predicted octanol–water partition coefficient (Wildman–Crippen LogP) is 1.86. The second kappa shape index (κ2) is 8.63. The Kier molecular flexibility index (Phi) is 6.53. The van der Waals surface area contributed by atoms with Crippen molar-refractivity contribution in [3.8, 4) is 0 Å². The van der Waals surface area contributed by atoms with Crippen molar-refractivity contribution in [1.29, 1.82) is 0 Å². The first-order valence-electron chi connectivity index (χ1n) is 7.76. The molecule has 0 aliphatic carbocycles. The largest absolute Gasteiger partial charge is 0.468 e. The fourth-order valence-corrected chi connectivity index (χ4v) is 3.04. The minimum atomic E-state index is -3.52. The van der Waals surface area contributed by atoms with Gasteiger partial charge in [-0.2, -0.15) is 4.31 Å². The number of methoxy groups -OCH3 is 1. The third-order valence-corrected chi connectivity index (χ3v) is 4.83. The predicted molar refractivity (Wildman–Crippen MR) is 95.0 cm³/mol. The molecule has 8 nitrogen and oxygen atoms in total. The smallest absolute Gasteiger partial charge is 0.339 e. The van der Waals surface area contributed by atoms with Crippen LogP contribution in [0.5, 0.6) is 0 Å². The molecular formula is C17H20N2O6S. The third kappa shape index (κ3) is 5.43. The van der Waals surface area contributed by atoms with Crippen LogP contribution in [0.1, 0.15) is 22.5 Å². The number of amides is 1. The molecule has 0 bridgehead atoms. The highest BCUT2D eigenvalue weighted by molar-refractivity contribution is 7.88. The number of nitrogens with zero attached hydrogens (tertiary/aromatic N) is 1.